The van der Waals surface area contributed by atoms with E-state index in [1.54, 1.807) is 49.0 Å². The van der Waals surface area contributed by atoms with Gasteiger partial charge in [0.25, 0.3) is 0 Å². The molecule has 1 N–H and O–H groups in total. The zero-order valence-corrected chi connectivity index (χ0v) is 23.3. The highest BCUT2D eigenvalue weighted by molar-refractivity contribution is 7.93. The maximum Gasteiger partial charge on any atom is 0.243 e. The predicted octanol–water partition coefficient (Wildman–Crippen LogP) is 4.26. The lowest BCUT2D eigenvalue weighted by atomic mass is 10.1. The summed E-state index contributed by atoms with van der Waals surface area (Å²) in [5.74, 6) is 1.60. The molecule has 0 saturated heterocycles. The number of aryl methyl sites for hydroxylation is 1. The number of para-hydroxylation sites is 1. The molecule has 1 fully saturated rings. The summed E-state index contributed by atoms with van der Waals surface area (Å²) in [6.45, 7) is 5.27. The van der Waals surface area contributed by atoms with Crippen molar-refractivity contribution in [1.29, 1.82) is 0 Å². The Kier molecular flexibility index (Phi) is 7.21. The molecule has 1 aliphatic carbocycles. The molecule has 204 valence electrons. The van der Waals surface area contributed by atoms with Gasteiger partial charge in [0, 0.05) is 29.9 Å². The van der Waals surface area contributed by atoms with Gasteiger partial charge in [-0.2, -0.15) is 0 Å². The highest BCUT2D eigenvalue weighted by Gasteiger charge is 2.33. The van der Waals surface area contributed by atoms with Gasteiger partial charge in [0.1, 0.15) is 28.7 Å². The second-order valence-electron chi connectivity index (χ2n) is 9.68. The number of anilines is 1. The molecule has 1 aliphatic rings. The van der Waals surface area contributed by atoms with Crippen molar-refractivity contribution < 1.29 is 17.9 Å². The number of nitrogens with one attached hydrogen (secondary N) is 1. The third-order valence-corrected chi connectivity index (χ3v) is 8.77. The van der Waals surface area contributed by atoms with Gasteiger partial charge in [-0.1, -0.05) is 19.1 Å². The van der Waals surface area contributed by atoms with Crippen molar-refractivity contribution in [3.05, 3.63) is 65.9 Å². The lowest BCUT2D eigenvalue weighted by Crippen LogP contribution is -2.31. The number of nitrogens with zero attached hydrogens (tertiary/aromatic N) is 6. The van der Waals surface area contributed by atoms with Crippen molar-refractivity contribution in [2.24, 2.45) is 0 Å². The average Bonchev–Trinajstić information content (AvgIpc) is 3.73. The third-order valence-electron chi connectivity index (χ3n) is 6.92. The van der Waals surface area contributed by atoms with E-state index < -0.39 is 21.2 Å². The maximum absolute atomic E-state index is 13.6. The molecule has 0 aliphatic heterocycles. The molecular weight excluding hydrogens is 518 g/mol. The maximum atomic E-state index is 13.6. The Bertz CT molecular complexity index is 1560. The van der Waals surface area contributed by atoms with E-state index in [0.717, 1.165) is 24.1 Å². The Morgan fingerprint density at radius 1 is 0.974 bits per heavy atom. The number of rotatable bonds is 10. The lowest BCUT2D eigenvalue weighted by Gasteiger charge is -2.21. The van der Waals surface area contributed by atoms with Crippen LogP contribution in [0, 0.1) is 6.92 Å². The summed E-state index contributed by atoms with van der Waals surface area (Å²) in [5.41, 5.74) is 2.86. The SMILES string of the molecule is COc1cccc(OC)c1-n1c(NS(=O)(=O)[C@@H](C)[C@H](C)c2ncc(C)cn2)nnc1-c1cccc(C2CC2)n1. The number of sulfonamides is 1. The number of hydrogen-bond donors (Lipinski definition) is 1. The van der Waals surface area contributed by atoms with Crippen LogP contribution < -0.4 is 14.2 Å². The van der Waals surface area contributed by atoms with Crippen molar-refractivity contribution >= 4 is 16.0 Å². The van der Waals surface area contributed by atoms with E-state index in [0.29, 0.717) is 40.4 Å². The zero-order chi connectivity index (χ0) is 27.7. The number of benzene rings is 1. The van der Waals surface area contributed by atoms with E-state index in [-0.39, 0.29) is 5.95 Å². The van der Waals surface area contributed by atoms with Gasteiger partial charge in [-0.05, 0) is 56.5 Å². The van der Waals surface area contributed by atoms with Gasteiger partial charge in [0.05, 0.1) is 19.5 Å². The fourth-order valence-electron chi connectivity index (χ4n) is 4.30. The van der Waals surface area contributed by atoms with Crippen LogP contribution in [0.5, 0.6) is 11.5 Å². The van der Waals surface area contributed by atoms with Gasteiger partial charge in [0.15, 0.2) is 5.82 Å². The van der Waals surface area contributed by atoms with E-state index in [1.165, 1.54) is 14.2 Å². The quantitative estimate of drug-likeness (QED) is 0.308. The highest BCUT2D eigenvalue weighted by atomic mass is 32.2. The first kappa shape index (κ1) is 26.5. The highest BCUT2D eigenvalue weighted by Crippen LogP contribution is 2.41. The monoisotopic (exact) mass is 549 g/mol. The summed E-state index contributed by atoms with van der Waals surface area (Å²) in [7, 11) is -0.914. The summed E-state index contributed by atoms with van der Waals surface area (Å²) in [5, 5.41) is 7.76. The molecule has 0 bridgehead atoms. The van der Waals surface area contributed by atoms with Crippen molar-refractivity contribution in [3.63, 3.8) is 0 Å². The minimum atomic E-state index is -3.98. The second kappa shape index (κ2) is 10.6. The Morgan fingerprint density at radius 2 is 1.62 bits per heavy atom. The summed E-state index contributed by atoms with van der Waals surface area (Å²) < 4.78 is 42.8. The third kappa shape index (κ3) is 5.29. The largest absolute Gasteiger partial charge is 0.494 e. The molecule has 0 spiro atoms. The van der Waals surface area contributed by atoms with Gasteiger partial charge < -0.3 is 9.47 Å². The molecule has 4 aromatic rings. The number of pyridine rings is 1. The van der Waals surface area contributed by atoms with Crippen molar-refractivity contribution in [2.75, 3.05) is 18.9 Å². The van der Waals surface area contributed by atoms with Crippen LogP contribution in [0.4, 0.5) is 5.95 Å². The smallest absolute Gasteiger partial charge is 0.243 e. The summed E-state index contributed by atoms with van der Waals surface area (Å²) in [6, 6.07) is 11.0. The standard InChI is InChI=1S/C27H31N7O4S/c1-16-14-28-25(29-15-16)17(2)18(3)39(35,36)33-27-32-31-26(21-9-6-8-20(30-21)19-12-13-19)34(27)24-22(37-4)10-7-11-23(24)38-5/h6-11,14-15,17-19H,12-13H2,1-5H3,(H,32,33)/t17-,18-/m0/s1. The molecule has 39 heavy (non-hydrogen) atoms. The minimum Gasteiger partial charge on any atom is -0.494 e. The number of aromatic nitrogens is 6. The first-order valence-corrected chi connectivity index (χ1v) is 14.2. The fraction of sp³-hybridized carbons (Fsp3) is 0.370. The summed E-state index contributed by atoms with van der Waals surface area (Å²) >= 11 is 0. The topological polar surface area (TPSA) is 134 Å². The van der Waals surface area contributed by atoms with Crippen LogP contribution in [-0.2, 0) is 10.0 Å². The molecule has 5 rings (SSSR count). The van der Waals surface area contributed by atoms with Gasteiger partial charge >= 0.3 is 0 Å². The Balaban J connectivity index is 1.61. The zero-order valence-electron chi connectivity index (χ0n) is 22.5. The average molecular weight is 550 g/mol. The Morgan fingerprint density at radius 3 is 2.23 bits per heavy atom. The van der Waals surface area contributed by atoms with Crippen molar-refractivity contribution in [1.82, 2.24) is 29.7 Å². The van der Waals surface area contributed by atoms with Gasteiger partial charge in [-0.25, -0.2) is 23.4 Å². The van der Waals surface area contributed by atoms with Gasteiger partial charge in [-0.15, -0.1) is 10.2 Å². The van der Waals surface area contributed by atoms with Gasteiger partial charge in [-0.3, -0.25) is 9.29 Å². The molecular formula is C27H31N7O4S. The Labute approximate surface area is 227 Å². The Hall–Kier alpha value is -4.06. The number of hydrogen-bond acceptors (Lipinski definition) is 9. The molecule has 0 unspecified atom stereocenters. The van der Waals surface area contributed by atoms with E-state index in [1.807, 2.05) is 25.1 Å². The van der Waals surface area contributed by atoms with E-state index in [2.05, 4.69) is 24.9 Å². The first-order valence-electron chi connectivity index (χ1n) is 12.7. The van der Waals surface area contributed by atoms with Crippen LogP contribution >= 0.6 is 0 Å². The molecule has 3 aromatic heterocycles. The van der Waals surface area contributed by atoms with Crippen LogP contribution in [-0.4, -0.2) is 57.6 Å². The normalized spacial score (nSPS) is 15.0. The van der Waals surface area contributed by atoms with Crippen LogP contribution in [0.1, 0.15) is 55.6 Å². The summed E-state index contributed by atoms with van der Waals surface area (Å²) in [4.78, 5) is 13.5. The molecule has 12 heteroatoms. The first-order chi connectivity index (χ1) is 18.7. The molecule has 3 heterocycles. The van der Waals surface area contributed by atoms with Crippen molar-refractivity contribution in [2.45, 2.75) is 50.7 Å². The van der Waals surface area contributed by atoms with E-state index in [4.69, 9.17) is 14.5 Å². The summed E-state index contributed by atoms with van der Waals surface area (Å²) in [6.07, 6.45) is 5.53. The molecule has 0 amide bonds. The van der Waals surface area contributed by atoms with Gasteiger partial charge in [0.2, 0.25) is 16.0 Å². The predicted molar refractivity (Wildman–Crippen MR) is 147 cm³/mol. The minimum absolute atomic E-state index is 0.0182. The second-order valence-corrected chi connectivity index (χ2v) is 11.7. The molecule has 11 nitrogen and oxygen atoms in total. The molecule has 1 aromatic carbocycles. The molecule has 0 radical (unpaired) electrons. The van der Waals surface area contributed by atoms with E-state index >= 15 is 0 Å². The number of ether oxygens (including phenoxy) is 2. The van der Waals surface area contributed by atoms with Crippen molar-refractivity contribution in [3.8, 4) is 28.7 Å². The number of methoxy groups -OCH3 is 2. The molecule has 2 atom stereocenters. The van der Waals surface area contributed by atoms with Crippen LogP contribution in [0.2, 0.25) is 0 Å². The fourth-order valence-corrected chi connectivity index (χ4v) is 5.53. The van der Waals surface area contributed by atoms with Crippen LogP contribution in [0.15, 0.2) is 48.8 Å². The van der Waals surface area contributed by atoms with Crippen LogP contribution in [0.3, 0.4) is 0 Å². The van der Waals surface area contributed by atoms with Crippen LogP contribution in [0.25, 0.3) is 17.2 Å². The van der Waals surface area contributed by atoms with E-state index in [9.17, 15) is 8.42 Å². The lowest BCUT2D eigenvalue weighted by molar-refractivity contribution is 0.391. The molecule has 1 saturated carbocycles.